The number of rotatable bonds is 19. The Labute approximate surface area is 202 Å². The van der Waals surface area contributed by atoms with Gasteiger partial charge in [0.1, 0.15) is 6.10 Å². The van der Waals surface area contributed by atoms with Gasteiger partial charge in [0.15, 0.2) is 0 Å². The van der Waals surface area contributed by atoms with E-state index in [2.05, 4.69) is 6.92 Å². The van der Waals surface area contributed by atoms with Gasteiger partial charge in [-0.2, -0.15) is 0 Å². The topological polar surface area (TPSA) is 94.8 Å². The second-order valence-electron chi connectivity index (χ2n) is 8.71. The van der Waals surface area contributed by atoms with Crippen LogP contribution in [0.3, 0.4) is 0 Å². The summed E-state index contributed by atoms with van der Waals surface area (Å²) in [5.74, 6) is -0.902. The van der Waals surface area contributed by atoms with Crippen LogP contribution in [0.25, 0.3) is 0 Å². The van der Waals surface area contributed by atoms with Gasteiger partial charge in [0.05, 0.1) is 0 Å². The van der Waals surface area contributed by atoms with Crippen LogP contribution in [0, 0.1) is 0 Å². The average molecular weight is 439 g/mol. The molecule has 0 saturated heterocycles. The van der Waals surface area contributed by atoms with Gasteiger partial charge in [-0.05, 0) is 6.92 Å². The zero-order chi connectivity index (χ0) is 23.2. The van der Waals surface area contributed by atoms with Crippen LogP contribution in [0.2, 0.25) is 3.17 Å². The zero-order valence-corrected chi connectivity index (χ0v) is 22.2. The van der Waals surface area contributed by atoms with E-state index < -0.39 is 18.2 Å². The summed E-state index contributed by atoms with van der Waals surface area (Å²) in [4.78, 5) is 21.2. The van der Waals surface area contributed by atoms with Crippen molar-refractivity contribution in [3.8, 4) is 0 Å². The molecule has 0 radical (unpaired) electrons. The van der Waals surface area contributed by atoms with Gasteiger partial charge in [-0.25, -0.2) is 4.79 Å². The molecule has 3 atom stereocenters. The molecule has 3 N–H and O–H groups in total. The summed E-state index contributed by atoms with van der Waals surface area (Å²) in [6.07, 6.45) is 19.3. The number of hydrogen-bond acceptors (Lipinski definition) is 4. The van der Waals surface area contributed by atoms with Crippen molar-refractivity contribution < 1.29 is 24.9 Å². The molecular formula is C24H47NaO5. The Morgan fingerprint density at radius 2 is 1.00 bits per heavy atom. The maximum absolute atomic E-state index is 11.8. The van der Waals surface area contributed by atoms with Gasteiger partial charge in [0.2, 0.25) is 0 Å². The first-order chi connectivity index (χ1) is 14.2. The molecule has 0 spiro atoms. The van der Waals surface area contributed by atoms with E-state index in [4.69, 9.17) is 10.2 Å². The molecule has 5 nitrogen and oxygen atoms in total. The number of aliphatic hydroxyl groups is 2. The van der Waals surface area contributed by atoms with Crippen molar-refractivity contribution in [1.82, 2.24) is 0 Å². The number of aliphatic hydroxyl groups excluding tert-OH is 2. The predicted octanol–water partition coefficient (Wildman–Crippen LogP) is 5.61. The van der Waals surface area contributed by atoms with Crippen molar-refractivity contribution in [1.29, 1.82) is 0 Å². The Morgan fingerprint density at radius 1 is 0.700 bits per heavy atom. The zero-order valence-electron chi connectivity index (χ0n) is 20.2. The van der Waals surface area contributed by atoms with Gasteiger partial charge >= 0.3 is 130 Å². The minimum atomic E-state index is -1.23. The first kappa shape index (κ1) is 32.2. The number of carboxylic acid groups (broad SMARTS) is 1. The van der Waals surface area contributed by atoms with Gasteiger partial charge in [-0.3, -0.25) is 0 Å². The third-order valence-electron chi connectivity index (χ3n) is 5.62. The summed E-state index contributed by atoms with van der Waals surface area (Å²) in [7, 11) is 0. The molecule has 0 heterocycles. The molecule has 3 unspecified atom stereocenters. The number of carbonyl (C=O) groups is 2. The van der Waals surface area contributed by atoms with Gasteiger partial charge < -0.3 is 10.2 Å². The first-order valence-corrected chi connectivity index (χ1v) is 13.5. The first-order valence-electron chi connectivity index (χ1n) is 12.4. The number of hydrogen-bond donors (Lipinski definition) is 3. The number of ketones is 1. The Morgan fingerprint density at radius 3 is 1.27 bits per heavy atom. The van der Waals surface area contributed by atoms with Crippen LogP contribution in [0.5, 0.6) is 0 Å². The van der Waals surface area contributed by atoms with Crippen molar-refractivity contribution in [2.75, 3.05) is 0 Å². The molecule has 0 aliphatic carbocycles. The quantitative estimate of drug-likeness (QED) is 0.180. The van der Waals surface area contributed by atoms with E-state index in [0.717, 1.165) is 34.4 Å². The molecular weight excluding hydrogens is 391 g/mol. The van der Waals surface area contributed by atoms with Crippen LogP contribution in [0.4, 0.5) is 0 Å². The Bertz CT molecular complexity index is 399. The minimum absolute atomic E-state index is 0.0587. The van der Waals surface area contributed by atoms with E-state index in [0.29, 0.717) is 6.42 Å². The molecule has 30 heavy (non-hydrogen) atoms. The third kappa shape index (κ3) is 24.3. The molecule has 0 aromatic heterocycles. The van der Waals surface area contributed by atoms with E-state index >= 15 is 0 Å². The van der Waals surface area contributed by atoms with Crippen LogP contribution >= 0.6 is 0 Å². The van der Waals surface area contributed by atoms with Crippen LogP contribution in [-0.4, -0.2) is 67.2 Å². The van der Waals surface area contributed by atoms with Gasteiger partial charge in [-0.1, -0.05) is 45.4 Å². The van der Waals surface area contributed by atoms with Gasteiger partial charge in [-0.15, -0.1) is 0 Å². The summed E-state index contributed by atoms with van der Waals surface area (Å²) in [6, 6.07) is 0. The fourth-order valence-electron chi connectivity index (χ4n) is 3.17. The molecule has 0 aliphatic rings. The summed E-state index contributed by atoms with van der Waals surface area (Å²) >= 11 is 0.779. The molecule has 0 aliphatic heterocycles. The van der Waals surface area contributed by atoms with Crippen LogP contribution < -0.4 is 0 Å². The molecule has 6 heteroatoms. The average Bonchev–Trinajstić information content (AvgIpc) is 2.70. The second kappa shape index (κ2) is 23.7. The SMILES string of the molecule is CC(O)C(=O)O.CCCCCCCCCCCCCCCCCC(=O)[CH]([Na])C(C)O. The van der Waals surface area contributed by atoms with E-state index in [1.165, 1.54) is 96.8 Å². The Hall–Kier alpha value is 0.0600. The Balaban J connectivity index is 0. The van der Waals surface area contributed by atoms with Crippen LogP contribution in [0.1, 0.15) is 124 Å². The molecule has 0 fully saturated rings. The molecule has 0 rings (SSSR count). The molecule has 0 aromatic rings. The molecule has 174 valence electrons. The van der Waals surface area contributed by atoms with Crippen molar-refractivity contribution in [2.24, 2.45) is 0 Å². The number of aliphatic carboxylic acids is 1. The second-order valence-corrected chi connectivity index (χ2v) is 9.95. The number of unbranched alkanes of at least 4 members (excludes halogenated alkanes) is 14. The van der Waals surface area contributed by atoms with E-state index in [-0.39, 0.29) is 8.95 Å². The predicted molar refractivity (Wildman–Crippen MR) is 125 cm³/mol. The van der Waals surface area contributed by atoms with Crippen LogP contribution in [-0.2, 0) is 9.59 Å². The van der Waals surface area contributed by atoms with E-state index in [1.807, 2.05) is 0 Å². The summed E-state index contributed by atoms with van der Waals surface area (Å²) in [5.41, 5.74) is 0. The van der Waals surface area contributed by atoms with E-state index in [9.17, 15) is 14.7 Å². The summed E-state index contributed by atoms with van der Waals surface area (Å²) in [6.45, 7) is 5.21. The molecule has 0 aromatic carbocycles. The van der Waals surface area contributed by atoms with Crippen molar-refractivity contribution >= 4 is 39.7 Å². The monoisotopic (exact) mass is 438 g/mol. The molecule has 0 amide bonds. The van der Waals surface area contributed by atoms with Gasteiger partial charge in [0.25, 0.3) is 0 Å². The van der Waals surface area contributed by atoms with Crippen molar-refractivity contribution in [2.45, 2.75) is 139 Å². The fourth-order valence-corrected chi connectivity index (χ4v) is 3.46. The fraction of sp³-hybridized carbons (Fsp3) is 0.917. The summed E-state index contributed by atoms with van der Waals surface area (Å²) < 4.78 is -0.0587. The third-order valence-corrected chi connectivity index (χ3v) is 7.22. The van der Waals surface area contributed by atoms with E-state index in [1.54, 1.807) is 6.92 Å². The standard InChI is InChI=1S/C21H41O2.C3H6O3.Na/c1-3-4-5-6-7-8-9-10-11-12-13-14-15-16-17-18-21(23)19-20(2)22;1-2(4)3(5)6;/h19-20,22H,3-18H2,1-2H3;2,4H,1H3,(H,5,6);. The summed E-state index contributed by atoms with van der Waals surface area (Å²) in [5, 5.41) is 25.2. The van der Waals surface area contributed by atoms with Crippen LogP contribution in [0.15, 0.2) is 0 Å². The Kier molecular flexibility index (Phi) is 25.5. The van der Waals surface area contributed by atoms with Crippen molar-refractivity contribution in [3.63, 3.8) is 0 Å². The van der Waals surface area contributed by atoms with Gasteiger partial charge in [0, 0.05) is 0 Å². The number of carbonyl (C=O) groups excluding carboxylic acids is 1. The maximum atomic E-state index is 11.8. The normalized spacial score (nSPS) is 13.8. The number of Topliss-reactive ketones (excluding diaryl/α,β-unsaturated/α-hetero) is 1. The molecule has 0 bridgehead atoms. The van der Waals surface area contributed by atoms with Crippen molar-refractivity contribution in [3.05, 3.63) is 0 Å². The molecule has 0 saturated carbocycles. The number of carboxylic acids is 1.